The molecule has 1 heterocycles. The molecule has 3 rings (SSSR count). The van der Waals surface area contributed by atoms with Crippen LogP contribution in [-0.2, 0) is 7.05 Å². The van der Waals surface area contributed by atoms with Crippen molar-refractivity contribution in [1.82, 2.24) is 9.55 Å². The van der Waals surface area contributed by atoms with Gasteiger partial charge in [-0.1, -0.05) is 47.1 Å². The number of hydrogen-bond donors (Lipinski definition) is 0. The molecule has 0 amide bonds. The lowest BCUT2D eigenvalue weighted by atomic mass is 10.2. The second-order valence-electron chi connectivity index (χ2n) is 5.05. The van der Waals surface area contributed by atoms with Crippen LogP contribution in [0, 0.1) is 0 Å². The van der Waals surface area contributed by atoms with Crippen LogP contribution in [0.4, 0.5) is 0 Å². The van der Waals surface area contributed by atoms with E-state index in [1.807, 2.05) is 18.2 Å². The average Bonchev–Trinajstić information content (AvgIpc) is 2.57. The summed E-state index contributed by atoms with van der Waals surface area (Å²) in [6.07, 6.45) is 0. The molecule has 0 unspecified atom stereocenters. The summed E-state index contributed by atoms with van der Waals surface area (Å²) in [6.45, 7) is 0.439. The first-order valence-corrected chi connectivity index (χ1v) is 8.97. The number of ether oxygens (including phenoxy) is 1. The molecule has 24 heavy (non-hydrogen) atoms. The zero-order valence-electron chi connectivity index (χ0n) is 12.8. The first-order chi connectivity index (χ1) is 11.6. The molecule has 124 valence electrons. The molecule has 0 spiro atoms. The largest absolute Gasteiger partial charge is 0.491 e. The van der Waals surface area contributed by atoms with Gasteiger partial charge in [-0.3, -0.25) is 9.36 Å². The van der Waals surface area contributed by atoms with Gasteiger partial charge in [0.1, 0.15) is 5.75 Å². The van der Waals surface area contributed by atoms with E-state index in [1.165, 1.54) is 11.8 Å². The molecule has 1 aromatic heterocycles. The number of halogens is 2. The van der Waals surface area contributed by atoms with E-state index in [0.29, 0.717) is 44.2 Å². The first kappa shape index (κ1) is 17.1. The van der Waals surface area contributed by atoms with Crippen molar-refractivity contribution in [3.05, 3.63) is 62.9 Å². The Labute approximate surface area is 153 Å². The van der Waals surface area contributed by atoms with Gasteiger partial charge in [-0.05, 0) is 30.3 Å². The van der Waals surface area contributed by atoms with E-state index in [-0.39, 0.29) is 5.56 Å². The molecule has 0 fully saturated rings. The van der Waals surface area contributed by atoms with Gasteiger partial charge in [-0.25, -0.2) is 4.98 Å². The SMILES string of the molecule is Cn1c(SCCOc2ccc(Cl)cc2Cl)nc2ccccc2c1=O. The zero-order chi connectivity index (χ0) is 17.1. The minimum atomic E-state index is -0.0511. The van der Waals surface area contributed by atoms with Crippen LogP contribution in [0.2, 0.25) is 10.0 Å². The number of benzene rings is 2. The van der Waals surface area contributed by atoms with E-state index < -0.39 is 0 Å². The number of nitrogens with zero attached hydrogens (tertiary/aromatic N) is 2. The summed E-state index contributed by atoms with van der Waals surface area (Å²) in [4.78, 5) is 16.9. The Balaban J connectivity index is 1.68. The van der Waals surface area contributed by atoms with Gasteiger partial charge >= 0.3 is 0 Å². The van der Waals surface area contributed by atoms with Crippen molar-refractivity contribution >= 4 is 45.9 Å². The van der Waals surface area contributed by atoms with Crippen molar-refractivity contribution in [1.29, 1.82) is 0 Å². The van der Waals surface area contributed by atoms with E-state index in [0.717, 1.165) is 0 Å². The van der Waals surface area contributed by atoms with Crippen molar-refractivity contribution in [3.63, 3.8) is 0 Å². The third-order valence-electron chi connectivity index (χ3n) is 3.41. The summed E-state index contributed by atoms with van der Waals surface area (Å²) in [7, 11) is 1.72. The van der Waals surface area contributed by atoms with E-state index in [1.54, 1.807) is 35.9 Å². The summed E-state index contributed by atoms with van der Waals surface area (Å²) in [5.41, 5.74) is 0.648. The van der Waals surface area contributed by atoms with Gasteiger partial charge < -0.3 is 4.74 Å². The summed E-state index contributed by atoms with van der Waals surface area (Å²) in [5, 5.41) is 2.32. The Kier molecular flexibility index (Phi) is 5.33. The highest BCUT2D eigenvalue weighted by molar-refractivity contribution is 7.99. The van der Waals surface area contributed by atoms with Gasteiger partial charge in [0.15, 0.2) is 5.16 Å². The second-order valence-corrected chi connectivity index (χ2v) is 6.95. The normalized spacial score (nSPS) is 11.0. The molecule has 0 aliphatic carbocycles. The topological polar surface area (TPSA) is 44.1 Å². The second kappa shape index (κ2) is 7.47. The third-order valence-corrected chi connectivity index (χ3v) is 4.93. The molecule has 0 aliphatic rings. The highest BCUT2D eigenvalue weighted by atomic mass is 35.5. The van der Waals surface area contributed by atoms with Gasteiger partial charge in [-0.2, -0.15) is 0 Å². The van der Waals surface area contributed by atoms with Crippen molar-refractivity contribution in [2.75, 3.05) is 12.4 Å². The van der Waals surface area contributed by atoms with Gasteiger partial charge in [0.2, 0.25) is 0 Å². The fourth-order valence-electron chi connectivity index (χ4n) is 2.20. The molecule has 0 aliphatic heterocycles. The predicted octanol–water partition coefficient (Wildman–Crippen LogP) is 4.41. The van der Waals surface area contributed by atoms with Crippen LogP contribution in [0.5, 0.6) is 5.75 Å². The van der Waals surface area contributed by atoms with Crippen LogP contribution in [0.15, 0.2) is 52.4 Å². The van der Waals surface area contributed by atoms with E-state index >= 15 is 0 Å². The molecule has 7 heteroatoms. The predicted molar refractivity (Wildman–Crippen MR) is 99.7 cm³/mol. The maximum absolute atomic E-state index is 12.3. The summed E-state index contributed by atoms with van der Waals surface area (Å²) < 4.78 is 7.20. The number of hydrogen-bond acceptors (Lipinski definition) is 4. The lowest BCUT2D eigenvalue weighted by molar-refractivity contribution is 0.344. The Morgan fingerprint density at radius 2 is 2.00 bits per heavy atom. The first-order valence-electron chi connectivity index (χ1n) is 7.22. The highest BCUT2D eigenvalue weighted by Crippen LogP contribution is 2.27. The van der Waals surface area contributed by atoms with Crippen LogP contribution in [0.25, 0.3) is 10.9 Å². The number of thioether (sulfide) groups is 1. The van der Waals surface area contributed by atoms with E-state index in [9.17, 15) is 4.79 Å². The number of rotatable bonds is 5. The summed E-state index contributed by atoms with van der Waals surface area (Å²) in [6, 6.07) is 12.4. The maximum Gasteiger partial charge on any atom is 0.261 e. The van der Waals surface area contributed by atoms with Crippen LogP contribution in [0.1, 0.15) is 0 Å². The van der Waals surface area contributed by atoms with Crippen molar-refractivity contribution in [3.8, 4) is 5.75 Å². The van der Waals surface area contributed by atoms with E-state index in [2.05, 4.69) is 4.98 Å². The molecule has 0 N–H and O–H groups in total. The fraction of sp³-hybridized carbons (Fsp3) is 0.176. The van der Waals surface area contributed by atoms with Crippen LogP contribution in [0.3, 0.4) is 0 Å². The standard InChI is InChI=1S/C17H14Cl2N2O2S/c1-21-16(22)12-4-2-3-5-14(12)20-17(21)24-9-8-23-15-7-6-11(18)10-13(15)19/h2-7,10H,8-9H2,1H3. The fourth-order valence-corrected chi connectivity index (χ4v) is 3.46. The number of aromatic nitrogens is 2. The molecule has 4 nitrogen and oxygen atoms in total. The quantitative estimate of drug-likeness (QED) is 0.373. The van der Waals surface area contributed by atoms with Crippen molar-refractivity contribution in [2.45, 2.75) is 5.16 Å². The van der Waals surface area contributed by atoms with Gasteiger partial charge in [0.25, 0.3) is 5.56 Å². The molecule has 0 saturated carbocycles. The molecular weight excluding hydrogens is 367 g/mol. The third kappa shape index (κ3) is 3.69. The number of para-hydroxylation sites is 1. The number of fused-ring (bicyclic) bond motifs is 1. The molecule has 0 bridgehead atoms. The monoisotopic (exact) mass is 380 g/mol. The Morgan fingerprint density at radius 3 is 2.79 bits per heavy atom. The van der Waals surface area contributed by atoms with Crippen LogP contribution >= 0.6 is 35.0 Å². The lowest BCUT2D eigenvalue weighted by Crippen LogP contribution is -2.20. The Bertz CT molecular complexity index is 944. The van der Waals surface area contributed by atoms with Crippen LogP contribution in [-0.4, -0.2) is 21.9 Å². The maximum atomic E-state index is 12.3. The van der Waals surface area contributed by atoms with E-state index in [4.69, 9.17) is 27.9 Å². The Morgan fingerprint density at radius 1 is 1.21 bits per heavy atom. The summed E-state index contributed by atoms with van der Waals surface area (Å²) in [5.74, 6) is 1.22. The molecule has 2 aromatic carbocycles. The van der Waals surface area contributed by atoms with Crippen LogP contribution < -0.4 is 10.3 Å². The molecule has 0 atom stereocenters. The minimum Gasteiger partial charge on any atom is -0.491 e. The van der Waals surface area contributed by atoms with Gasteiger partial charge in [0, 0.05) is 17.8 Å². The average molecular weight is 381 g/mol. The highest BCUT2D eigenvalue weighted by Gasteiger charge is 2.08. The minimum absolute atomic E-state index is 0.0511. The molecule has 0 saturated heterocycles. The smallest absolute Gasteiger partial charge is 0.261 e. The van der Waals surface area contributed by atoms with Crippen molar-refractivity contribution < 1.29 is 4.74 Å². The Hall–Kier alpha value is -1.69. The van der Waals surface area contributed by atoms with Gasteiger partial charge in [0.05, 0.1) is 22.5 Å². The van der Waals surface area contributed by atoms with Crippen molar-refractivity contribution in [2.24, 2.45) is 7.05 Å². The van der Waals surface area contributed by atoms with Gasteiger partial charge in [-0.15, -0.1) is 0 Å². The molecule has 3 aromatic rings. The molecular formula is C17H14Cl2N2O2S. The molecule has 0 radical (unpaired) electrons. The zero-order valence-corrected chi connectivity index (χ0v) is 15.2. The summed E-state index contributed by atoms with van der Waals surface area (Å²) >= 11 is 13.4. The lowest BCUT2D eigenvalue weighted by Gasteiger charge is -2.10.